The second kappa shape index (κ2) is 9.88. The summed E-state index contributed by atoms with van der Waals surface area (Å²) >= 11 is 0. The van der Waals surface area contributed by atoms with Gasteiger partial charge in [-0.3, -0.25) is 14.4 Å². The topological polar surface area (TPSA) is 75.7 Å². The molecule has 0 radical (unpaired) electrons. The first-order valence-corrected chi connectivity index (χ1v) is 12.7. The molecule has 1 saturated carbocycles. The summed E-state index contributed by atoms with van der Waals surface area (Å²) in [4.78, 5) is 39.9. The minimum absolute atomic E-state index is 0.0396. The minimum atomic E-state index is -1.18. The number of esters is 1. The summed E-state index contributed by atoms with van der Waals surface area (Å²) in [5.41, 5.74) is 2.72. The van der Waals surface area contributed by atoms with Crippen LogP contribution < -0.4 is 5.32 Å². The van der Waals surface area contributed by atoms with Crippen LogP contribution in [0.5, 0.6) is 0 Å². The molecule has 4 rings (SSSR count). The third kappa shape index (κ3) is 4.86. The van der Waals surface area contributed by atoms with E-state index >= 15 is 4.39 Å². The number of piperidine rings is 1. The predicted octanol–water partition coefficient (Wildman–Crippen LogP) is 4.86. The summed E-state index contributed by atoms with van der Waals surface area (Å²) in [6.07, 6.45) is -0.379. The number of nitrogens with zero attached hydrogens (tertiary/aromatic N) is 1. The van der Waals surface area contributed by atoms with Crippen molar-refractivity contribution in [2.75, 3.05) is 13.2 Å². The van der Waals surface area contributed by atoms with Gasteiger partial charge in [0.05, 0.1) is 19.1 Å². The zero-order valence-electron chi connectivity index (χ0n) is 22.2. The number of likely N-dealkylation sites (tertiary alicyclic amines) is 1. The highest BCUT2D eigenvalue weighted by atomic mass is 19.2. The molecule has 6 nitrogen and oxygen atoms in total. The van der Waals surface area contributed by atoms with Gasteiger partial charge in [-0.25, -0.2) is 8.78 Å². The first-order valence-electron chi connectivity index (χ1n) is 12.7. The Labute approximate surface area is 216 Å². The lowest BCUT2D eigenvalue weighted by Gasteiger charge is -2.31. The second-order valence-corrected chi connectivity index (χ2v) is 10.8. The monoisotopic (exact) mass is 512 g/mol. The number of benzene rings is 2. The van der Waals surface area contributed by atoms with Crippen LogP contribution in [0.3, 0.4) is 0 Å². The van der Waals surface area contributed by atoms with E-state index in [1.807, 2.05) is 32.0 Å². The van der Waals surface area contributed by atoms with Crippen molar-refractivity contribution >= 4 is 17.8 Å². The molecule has 4 atom stereocenters. The van der Waals surface area contributed by atoms with Crippen molar-refractivity contribution in [2.45, 2.75) is 60.0 Å². The number of carbonyl (C=O) groups excluding carboxylic acids is 3. The fourth-order valence-electron chi connectivity index (χ4n) is 6.07. The number of amides is 2. The van der Waals surface area contributed by atoms with Crippen LogP contribution in [0, 0.1) is 42.7 Å². The highest BCUT2D eigenvalue weighted by Gasteiger charge is 2.69. The zero-order chi connectivity index (χ0) is 27.2. The van der Waals surface area contributed by atoms with Crippen molar-refractivity contribution in [1.82, 2.24) is 10.2 Å². The van der Waals surface area contributed by atoms with Gasteiger partial charge in [0, 0.05) is 19.0 Å². The molecular formula is C29H34F2N2O4. The van der Waals surface area contributed by atoms with Crippen LogP contribution in [0.2, 0.25) is 0 Å². The van der Waals surface area contributed by atoms with Gasteiger partial charge >= 0.3 is 5.97 Å². The van der Waals surface area contributed by atoms with Crippen molar-refractivity contribution in [1.29, 1.82) is 0 Å². The molecule has 1 heterocycles. The molecule has 1 aliphatic carbocycles. The Bertz CT molecular complexity index is 1240. The summed E-state index contributed by atoms with van der Waals surface area (Å²) in [5, 5.41) is 2.78. The number of ether oxygens (including phenoxy) is 1. The molecule has 0 spiro atoms. The molecule has 1 saturated heterocycles. The normalized spacial score (nSPS) is 22.3. The molecule has 0 bridgehead atoms. The van der Waals surface area contributed by atoms with Gasteiger partial charge < -0.3 is 15.0 Å². The van der Waals surface area contributed by atoms with Crippen molar-refractivity contribution < 1.29 is 27.9 Å². The van der Waals surface area contributed by atoms with Gasteiger partial charge in [0.1, 0.15) is 6.04 Å². The maximum absolute atomic E-state index is 15.3. The lowest BCUT2D eigenvalue weighted by atomic mass is 9.91. The molecule has 2 amide bonds. The number of rotatable bonds is 7. The summed E-state index contributed by atoms with van der Waals surface area (Å²) in [6.45, 7) is 11.5. The maximum Gasteiger partial charge on any atom is 0.308 e. The van der Waals surface area contributed by atoms with Gasteiger partial charge in [0.15, 0.2) is 11.6 Å². The number of carbonyl (C=O) groups is 3. The quantitative estimate of drug-likeness (QED) is 0.538. The predicted molar refractivity (Wildman–Crippen MR) is 135 cm³/mol. The third-order valence-electron chi connectivity index (χ3n) is 8.08. The summed E-state index contributed by atoms with van der Waals surface area (Å²) in [7, 11) is 0. The smallest absolute Gasteiger partial charge is 0.308 e. The fourth-order valence-corrected chi connectivity index (χ4v) is 6.07. The van der Waals surface area contributed by atoms with Crippen LogP contribution in [0.1, 0.15) is 56.8 Å². The van der Waals surface area contributed by atoms with Gasteiger partial charge in [-0.05, 0) is 72.4 Å². The van der Waals surface area contributed by atoms with E-state index in [2.05, 4.69) is 19.2 Å². The Morgan fingerprint density at radius 2 is 1.81 bits per heavy atom. The van der Waals surface area contributed by atoms with E-state index in [-0.39, 0.29) is 41.7 Å². The van der Waals surface area contributed by atoms with Crippen molar-refractivity contribution in [2.24, 2.45) is 17.3 Å². The molecule has 1 N–H and O–H groups in total. The van der Waals surface area contributed by atoms with Crippen LogP contribution in [-0.2, 0) is 19.1 Å². The first-order chi connectivity index (χ1) is 17.4. The van der Waals surface area contributed by atoms with Crippen LogP contribution >= 0.6 is 0 Å². The highest BCUT2D eigenvalue weighted by molar-refractivity contribution is 5.89. The average Bonchev–Trinajstić information content (AvgIpc) is 3.15. The van der Waals surface area contributed by atoms with E-state index in [9.17, 15) is 18.8 Å². The van der Waals surface area contributed by atoms with Crippen LogP contribution in [0.15, 0.2) is 30.3 Å². The van der Waals surface area contributed by atoms with E-state index in [4.69, 9.17) is 4.74 Å². The van der Waals surface area contributed by atoms with E-state index in [0.717, 1.165) is 22.8 Å². The first kappa shape index (κ1) is 26.8. The SMILES string of the molecule is CCOC(=O)C[C@H](NC(=O)[C@@H]1[C@@H]2[C@H](CN1C(C)=O)C2(C)C)c1cc(-c2c(C)cccc2C)cc(F)c1F. The van der Waals surface area contributed by atoms with Crippen molar-refractivity contribution in [3.8, 4) is 11.1 Å². The van der Waals surface area contributed by atoms with Gasteiger partial charge in [-0.1, -0.05) is 32.0 Å². The third-order valence-corrected chi connectivity index (χ3v) is 8.08. The van der Waals surface area contributed by atoms with Crippen LogP contribution in [0.25, 0.3) is 11.1 Å². The molecule has 198 valence electrons. The lowest BCUT2D eigenvalue weighted by molar-refractivity contribution is -0.144. The van der Waals surface area contributed by atoms with Gasteiger partial charge in [-0.15, -0.1) is 0 Å². The molecule has 2 aliphatic rings. The Balaban J connectivity index is 1.74. The number of aryl methyl sites for hydroxylation is 2. The molecule has 37 heavy (non-hydrogen) atoms. The Hall–Kier alpha value is -3.29. The Morgan fingerprint density at radius 1 is 1.16 bits per heavy atom. The number of hydrogen-bond acceptors (Lipinski definition) is 4. The minimum Gasteiger partial charge on any atom is -0.466 e. The highest BCUT2D eigenvalue weighted by Crippen LogP contribution is 2.64. The van der Waals surface area contributed by atoms with E-state index in [1.165, 1.54) is 17.9 Å². The Morgan fingerprint density at radius 3 is 2.41 bits per heavy atom. The fraction of sp³-hybridized carbons (Fsp3) is 0.483. The van der Waals surface area contributed by atoms with E-state index < -0.39 is 35.6 Å². The zero-order valence-corrected chi connectivity index (χ0v) is 22.2. The number of halogens is 2. The number of fused-ring (bicyclic) bond motifs is 1. The van der Waals surface area contributed by atoms with Crippen molar-refractivity contribution in [3.05, 3.63) is 58.7 Å². The molecule has 2 fully saturated rings. The second-order valence-electron chi connectivity index (χ2n) is 10.8. The van der Waals surface area contributed by atoms with Gasteiger partial charge in [-0.2, -0.15) is 0 Å². The molecule has 2 aromatic carbocycles. The average molecular weight is 513 g/mol. The molecular weight excluding hydrogens is 478 g/mol. The summed E-state index contributed by atoms with van der Waals surface area (Å²) in [5.74, 6) is -3.42. The number of nitrogens with one attached hydrogen (secondary N) is 1. The lowest BCUT2D eigenvalue weighted by Crippen LogP contribution is -2.50. The molecule has 1 aliphatic heterocycles. The molecule has 8 heteroatoms. The molecule has 0 unspecified atom stereocenters. The molecule has 0 aromatic heterocycles. The van der Waals surface area contributed by atoms with Crippen molar-refractivity contribution in [3.63, 3.8) is 0 Å². The van der Waals surface area contributed by atoms with Crippen LogP contribution in [0.4, 0.5) is 8.78 Å². The van der Waals surface area contributed by atoms with E-state index in [1.54, 1.807) is 6.92 Å². The Kier molecular flexibility index (Phi) is 7.14. The number of hydrogen-bond donors (Lipinski definition) is 1. The van der Waals surface area contributed by atoms with E-state index in [0.29, 0.717) is 12.1 Å². The van der Waals surface area contributed by atoms with Crippen LogP contribution in [-0.4, -0.2) is 41.9 Å². The standard InChI is InChI=1S/C29H34F2N2O4/c1-7-37-23(35)13-22(32-28(36)27-25-20(29(25,5)6)14-33(27)17(4)34)19-11-18(12-21(30)26(19)31)24-15(2)9-8-10-16(24)3/h8-12,20,22,25,27H,7,13-14H2,1-6H3,(H,32,36)/t20-,22-,25-,27-/m0/s1. The summed E-state index contributed by atoms with van der Waals surface area (Å²) in [6, 6.07) is 6.34. The molecule has 2 aromatic rings. The largest absolute Gasteiger partial charge is 0.466 e. The summed E-state index contributed by atoms with van der Waals surface area (Å²) < 4.78 is 35.3. The maximum atomic E-state index is 15.3. The van der Waals surface area contributed by atoms with Gasteiger partial charge in [0.25, 0.3) is 0 Å². The van der Waals surface area contributed by atoms with Gasteiger partial charge in [0.2, 0.25) is 11.8 Å².